The van der Waals surface area contributed by atoms with Crippen LogP contribution in [-0.4, -0.2) is 15.8 Å². The van der Waals surface area contributed by atoms with Gasteiger partial charge in [-0.15, -0.1) is 0 Å². The van der Waals surface area contributed by atoms with E-state index in [-0.39, 0.29) is 12.1 Å². The average molecular weight is 349 g/mol. The lowest BCUT2D eigenvalue weighted by atomic mass is 10.0. The van der Waals surface area contributed by atoms with E-state index in [1.165, 1.54) is 0 Å². The van der Waals surface area contributed by atoms with Gasteiger partial charge in [-0.1, -0.05) is 41.7 Å². The van der Waals surface area contributed by atoms with Crippen molar-refractivity contribution in [2.45, 2.75) is 25.5 Å². The van der Waals surface area contributed by atoms with Gasteiger partial charge in [-0.05, 0) is 12.5 Å². The Hall–Kier alpha value is -0.940. The van der Waals surface area contributed by atoms with Crippen molar-refractivity contribution >= 4 is 34.8 Å². The molecule has 2 aromatic rings. The van der Waals surface area contributed by atoms with Crippen LogP contribution in [-0.2, 0) is 7.05 Å². The van der Waals surface area contributed by atoms with Crippen LogP contribution < -0.4 is 10.5 Å². The Morgan fingerprint density at radius 1 is 1.24 bits per heavy atom. The van der Waals surface area contributed by atoms with Crippen molar-refractivity contribution in [1.29, 1.82) is 0 Å². The number of aryl methyl sites for hydroxylation is 1. The van der Waals surface area contributed by atoms with Gasteiger partial charge in [-0.2, -0.15) is 5.10 Å². The molecule has 1 heterocycles. The second kappa shape index (κ2) is 6.88. The van der Waals surface area contributed by atoms with Crippen molar-refractivity contribution in [3.8, 4) is 5.75 Å². The molecule has 0 saturated heterocycles. The number of hydrogen-bond donors (Lipinski definition) is 1. The standard InChI is InChI=1S/C14H16Cl3N3O/c1-3-12(18)14(8-6-19-20(2)7-8)21-13-5-10(16)9(15)4-11(13)17/h4-7,12,14H,3,18H2,1-2H3. The molecule has 0 aliphatic carbocycles. The Morgan fingerprint density at radius 2 is 1.90 bits per heavy atom. The summed E-state index contributed by atoms with van der Waals surface area (Å²) in [7, 11) is 1.84. The zero-order valence-electron chi connectivity index (χ0n) is 11.7. The van der Waals surface area contributed by atoms with Crippen molar-refractivity contribution in [1.82, 2.24) is 9.78 Å². The number of ether oxygens (including phenoxy) is 1. The molecule has 0 radical (unpaired) electrons. The Labute approximate surface area is 138 Å². The smallest absolute Gasteiger partial charge is 0.142 e. The normalized spacial score (nSPS) is 14.0. The van der Waals surface area contributed by atoms with Crippen LogP contribution in [0.3, 0.4) is 0 Å². The van der Waals surface area contributed by atoms with Gasteiger partial charge in [-0.3, -0.25) is 4.68 Å². The first kappa shape index (κ1) is 16.4. The van der Waals surface area contributed by atoms with Gasteiger partial charge in [-0.25, -0.2) is 0 Å². The summed E-state index contributed by atoms with van der Waals surface area (Å²) in [5, 5.41) is 5.30. The predicted molar refractivity (Wildman–Crippen MR) is 86.3 cm³/mol. The number of benzene rings is 1. The molecular formula is C14H16Cl3N3O. The zero-order chi connectivity index (χ0) is 15.6. The molecule has 21 heavy (non-hydrogen) atoms. The first-order valence-corrected chi connectivity index (χ1v) is 7.61. The summed E-state index contributed by atoms with van der Waals surface area (Å²) in [4.78, 5) is 0. The second-order valence-electron chi connectivity index (χ2n) is 4.75. The molecule has 0 bridgehead atoms. The maximum atomic E-state index is 6.16. The van der Waals surface area contributed by atoms with Crippen LogP contribution in [0.25, 0.3) is 0 Å². The highest BCUT2D eigenvalue weighted by Crippen LogP contribution is 2.36. The molecule has 2 rings (SSSR count). The van der Waals surface area contributed by atoms with E-state index >= 15 is 0 Å². The van der Waals surface area contributed by atoms with Crippen LogP contribution in [0.2, 0.25) is 15.1 Å². The number of halogens is 3. The molecule has 1 aromatic carbocycles. The van der Waals surface area contributed by atoms with Gasteiger partial charge in [0.05, 0.1) is 21.3 Å². The van der Waals surface area contributed by atoms with Crippen LogP contribution in [0.15, 0.2) is 24.5 Å². The lowest BCUT2D eigenvalue weighted by Crippen LogP contribution is -2.31. The van der Waals surface area contributed by atoms with Gasteiger partial charge in [0.1, 0.15) is 11.9 Å². The van der Waals surface area contributed by atoms with Crippen LogP contribution >= 0.6 is 34.8 Å². The quantitative estimate of drug-likeness (QED) is 0.822. The molecule has 0 amide bonds. The van der Waals surface area contributed by atoms with Crippen molar-refractivity contribution in [3.05, 3.63) is 45.2 Å². The number of hydrogen-bond acceptors (Lipinski definition) is 3. The minimum absolute atomic E-state index is 0.195. The van der Waals surface area contributed by atoms with Crippen molar-refractivity contribution < 1.29 is 4.74 Å². The topological polar surface area (TPSA) is 53.1 Å². The summed E-state index contributed by atoms with van der Waals surface area (Å²) >= 11 is 18.1. The Kier molecular flexibility index (Phi) is 5.38. The van der Waals surface area contributed by atoms with Gasteiger partial charge in [0.25, 0.3) is 0 Å². The fourth-order valence-corrected chi connectivity index (χ4v) is 2.52. The molecule has 2 atom stereocenters. The molecule has 0 spiro atoms. The van der Waals surface area contributed by atoms with Crippen LogP contribution in [0.1, 0.15) is 25.0 Å². The molecular weight excluding hydrogens is 333 g/mol. The monoisotopic (exact) mass is 347 g/mol. The maximum Gasteiger partial charge on any atom is 0.142 e. The Bertz CT molecular complexity index is 630. The molecule has 7 heteroatoms. The van der Waals surface area contributed by atoms with E-state index in [2.05, 4.69) is 5.10 Å². The van der Waals surface area contributed by atoms with E-state index in [9.17, 15) is 0 Å². The fraction of sp³-hybridized carbons (Fsp3) is 0.357. The number of nitrogens with two attached hydrogens (primary N) is 1. The average Bonchev–Trinajstić information content (AvgIpc) is 2.87. The van der Waals surface area contributed by atoms with Gasteiger partial charge in [0, 0.05) is 30.9 Å². The van der Waals surface area contributed by atoms with Gasteiger partial charge in [0.15, 0.2) is 0 Å². The van der Waals surface area contributed by atoms with Crippen LogP contribution in [0.4, 0.5) is 0 Å². The lowest BCUT2D eigenvalue weighted by molar-refractivity contribution is 0.171. The Balaban J connectivity index is 2.33. The number of aromatic nitrogens is 2. The van der Waals surface area contributed by atoms with Gasteiger partial charge in [0.2, 0.25) is 0 Å². The second-order valence-corrected chi connectivity index (χ2v) is 5.98. The van der Waals surface area contributed by atoms with Crippen LogP contribution in [0.5, 0.6) is 5.75 Å². The zero-order valence-corrected chi connectivity index (χ0v) is 14.0. The third-order valence-electron chi connectivity index (χ3n) is 3.14. The highest BCUT2D eigenvalue weighted by molar-refractivity contribution is 6.43. The third-order valence-corrected chi connectivity index (χ3v) is 4.16. The molecule has 114 valence electrons. The molecule has 2 N–H and O–H groups in total. The molecule has 0 aliphatic rings. The summed E-state index contributed by atoms with van der Waals surface area (Å²) in [6, 6.07) is 2.95. The highest BCUT2D eigenvalue weighted by Gasteiger charge is 2.23. The first-order valence-electron chi connectivity index (χ1n) is 6.47. The van der Waals surface area contributed by atoms with Crippen molar-refractivity contribution in [2.75, 3.05) is 0 Å². The lowest BCUT2D eigenvalue weighted by Gasteiger charge is -2.24. The van der Waals surface area contributed by atoms with E-state index in [1.807, 2.05) is 20.2 Å². The third kappa shape index (κ3) is 3.83. The maximum absolute atomic E-state index is 6.16. The van der Waals surface area contributed by atoms with Gasteiger partial charge < -0.3 is 10.5 Å². The van der Waals surface area contributed by atoms with Crippen molar-refractivity contribution in [3.63, 3.8) is 0 Å². The van der Waals surface area contributed by atoms with E-state index in [1.54, 1.807) is 23.0 Å². The van der Waals surface area contributed by atoms with E-state index < -0.39 is 0 Å². The molecule has 0 fully saturated rings. The summed E-state index contributed by atoms with van der Waals surface area (Å²) in [5.74, 6) is 0.448. The first-order chi connectivity index (χ1) is 9.92. The SMILES string of the molecule is CCC(N)C(Oc1cc(Cl)c(Cl)cc1Cl)c1cnn(C)c1. The summed E-state index contributed by atoms with van der Waals surface area (Å²) in [5.41, 5.74) is 7.04. The molecule has 1 aromatic heterocycles. The van der Waals surface area contributed by atoms with E-state index in [0.29, 0.717) is 20.8 Å². The number of rotatable bonds is 5. The Morgan fingerprint density at radius 3 is 2.48 bits per heavy atom. The fourth-order valence-electron chi connectivity index (χ4n) is 1.94. The molecule has 2 unspecified atom stereocenters. The molecule has 4 nitrogen and oxygen atoms in total. The van der Waals surface area contributed by atoms with Crippen molar-refractivity contribution in [2.24, 2.45) is 12.8 Å². The molecule has 0 saturated carbocycles. The summed E-state index contributed by atoms with van der Waals surface area (Å²) < 4.78 is 7.68. The highest BCUT2D eigenvalue weighted by atomic mass is 35.5. The minimum Gasteiger partial charge on any atom is -0.482 e. The van der Waals surface area contributed by atoms with Crippen LogP contribution in [0, 0.1) is 0 Å². The van der Waals surface area contributed by atoms with E-state index in [4.69, 9.17) is 45.3 Å². The minimum atomic E-state index is -0.363. The predicted octanol–water partition coefficient (Wildman–Crippen LogP) is 4.24. The van der Waals surface area contributed by atoms with E-state index in [0.717, 1.165) is 12.0 Å². The number of nitrogens with zero attached hydrogens (tertiary/aromatic N) is 2. The summed E-state index contributed by atoms with van der Waals surface area (Å²) in [6.07, 6.45) is 3.98. The largest absolute Gasteiger partial charge is 0.482 e. The molecule has 0 aliphatic heterocycles. The van der Waals surface area contributed by atoms with Gasteiger partial charge >= 0.3 is 0 Å². The summed E-state index contributed by atoms with van der Waals surface area (Å²) in [6.45, 7) is 1.99.